The minimum absolute atomic E-state index is 0.171. The van der Waals surface area contributed by atoms with E-state index in [1.807, 2.05) is 57.2 Å². The van der Waals surface area contributed by atoms with Crippen molar-refractivity contribution in [3.05, 3.63) is 70.9 Å². The molecule has 3 aromatic rings. The average Bonchev–Trinajstić information content (AvgIpc) is 2.61. The number of nitrogens with two attached hydrogens (primary N) is 1. The number of carbonyl (C=O) groups is 2. The van der Waals surface area contributed by atoms with Crippen LogP contribution in [-0.4, -0.2) is 16.9 Å². The van der Waals surface area contributed by atoms with Crippen LogP contribution >= 0.6 is 0 Å². The van der Waals surface area contributed by atoms with Crippen molar-refractivity contribution in [3.63, 3.8) is 0 Å². The van der Waals surface area contributed by atoms with Crippen molar-refractivity contribution in [2.24, 2.45) is 5.73 Å². The standard InChI is InChI=1S/C21H22N4O2/c1-12-4-9-19-16(10-12)11-18(14(3)23-19)20(26)24-13(2)15-5-7-17(8-6-15)25-21(22)27/h4-11,13H,1-3H3,(H,24,26)(H3,22,25,27). The van der Waals surface area contributed by atoms with Gasteiger partial charge < -0.3 is 16.4 Å². The molecule has 6 nitrogen and oxygen atoms in total. The zero-order valence-electron chi connectivity index (χ0n) is 15.5. The van der Waals surface area contributed by atoms with Crippen LogP contribution in [0.4, 0.5) is 10.5 Å². The fraction of sp³-hybridized carbons (Fsp3) is 0.190. The lowest BCUT2D eigenvalue weighted by molar-refractivity contribution is 0.0939. The summed E-state index contributed by atoms with van der Waals surface area (Å²) >= 11 is 0. The first-order chi connectivity index (χ1) is 12.8. The Morgan fingerprint density at radius 1 is 1.04 bits per heavy atom. The van der Waals surface area contributed by atoms with Crippen molar-refractivity contribution < 1.29 is 9.59 Å². The molecular formula is C21H22N4O2. The number of anilines is 1. The van der Waals surface area contributed by atoms with Crippen LogP contribution in [0, 0.1) is 13.8 Å². The topological polar surface area (TPSA) is 97.1 Å². The Morgan fingerprint density at radius 3 is 2.41 bits per heavy atom. The molecule has 0 aliphatic heterocycles. The van der Waals surface area contributed by atoms with Crippen LogP contribution in [0.2, 0.25) is 0 Å². The third kappa shape index (κ3) is 4.23. The Hall–Kier alpha value is -3.41. The number of hydrogen-bond donors (Lipinski definition) is 3. The van der Waals surface area contributed by atoms with Gasteiger partial charge in [-0.3, -0.25) is 9.78 Å². The lowest BCUT2D eigenvalue weighted by Crippen LogP contribution is -2.27. The molecule has 138 valence electrons. The molecule has 3 amide bonds. The number of pyridine rings is 1. The van der Waals surface area contributed by atoms with Crippen molar-refractivity contribution in [3.8, 4) is 0 Å². The van der Waals surface area contributed by atoms with Crippen LogP contribution < -0.4 is 16.4 Å². The SMILES string of the molecule is Cc1ccc2nc(C)c(C(=O)NC(C)c3ccc(NC(N)=O)cc3)cc2c1. The molecule has 6 heteroatoms. The van der Waals surface area contributed by atoms with Gasteiger partial charge in [-0.25, -0.2) is 4.79 Å². The summed E-state index contributed by atoms with van der Waals surface area (Å²) in [4.78, 5) is 28.2. The van der Waals surface area contributed by atoms with Crippen LogP contribution in [0.1, 0.15) is 40.1 Å². The fourth-order valence-electron chi connectivity index (χ4n) is 2.98. The number of nitrogens with one attached hydrogen (secondary N) is 2. The van der Waals surface area contributed by atoms with E-state index in [0.717, 1.165) is 22.0 Å². The maximum Gasteiger partial charge on any atom is 0.316 e. The highest BCUT2D eigenvalue weighted by atomic mass is 16.2. The highest BCUT2D eigenvalue weighted by Gasteiger charge is 2.15. The molecule has 0 spiro atoms. The van der Waals surface area contributed by atoms with E-state index in [1.54, 1.807) is 12.1 Å². The van der Waals surface area contributed by atoms with Crippen LogP contribution in [-0.2, 0) is 0 Å². The first-order valence-corrected chi connectivity index (χ1v) is 8.69. The monoisotopic (exact) mass is 362 g/mol. The number of aromatic nitrogens is 1. The Balaban J connectivity index is 1.79. The smallest absolute Gasteiger partial charge is 0.316 e. The number of hydrogen-bond acceptors (Lipinski definition) is 3. The molecule has 1 heterocycles. The number of benzene rings is 2. The number of carbonyl (C=O) groups excluding carboxylic acids is 2. The molecule has 1 unspecified atom stereocenters. The van der Waals surface area contributed by atoms with E-state index in [4.69, 9.17) is 5.73 Å². The van der Waals surface area contributed by atoms with Gasteiger partial charge in [-0.1, -0.05) is 23.8 Å². The summed E-state index contributed by atoms with van der Waals surface area (Å²) in [5, 5.41) is 6.46. The van der Waals surface area contributed by atoms with Gasteiger partial charge in [0.05, 0.1) is 22.8 Å². The molecule has 0 fully saturated rings. The Labute approximate surface area is 157 Å². The molecule has 27 heavy (non-hydrogen) atoms. The van der Waals surface area contributed by atoms with E-state index in [-0.39, 0.29) is 11.9 Å². The highest BCUT2D eigenvalue weighted by Crippen LogP contribution is 2.20. The molecule has 0 aliphatic rings. The maximum atomic E-state index is 12.8. The summed E-state index contributed by atoms with van der Waals surface area (Å²) < 4.78 is 0. The summed E-state index contributed by atoms with van der Waals surface area (Å²) in [5.41, 5.74) is 9.88. The number of aryl methyl sites for hydroxylation is 2. The fourth-order valence-corrected chi connectivity index (χ4v) is 2.98. The minimum atomic E-state index is -0.612. The highest BCUT2D eigenvalue weighted by molar-refractivity contribution is 5.99. The second-order valence-electron chi connectivity index (χ2n) is 6.62. The van der Waals surface area contributed by atoms with Gasteiger partial charge in [-0.2, -0.15) is 0 Å². The summed E-state index contributed by atoms with van der Waals surface area (Å²) in [6, 6.07) is 14.2. The summed E-state index contributed by atoms with van der Waals surface area (Å²) in [6.07, 6.45) is 0. The van der Waals surface area contributed by atoms with Crippen LogP contribution in [0.5, 0.6) is 0 Å². The van der Waals surface area contributed by atoms with Crippen molar-refractivity contribution in [1.82, 2.24) is 10.3 Å². The van der Waals surface area contributed by atoms with E-state index >= 15 is 0 Å². The second-order valence-corrected chi connectivity index (χ2v) is 6.62. The largest absolute Gasteiger partial charge is 0.351 e. The summed E-state index contributed by atoms with van der Waals surface area (Å²) in [6.45, 7) is 5.75. The van der Waals surface area contributed by atoms with E-state index in [9.17, 15) is 9.59 Å². The number of urea groups is 1. The second kappa shape index (κ2) is 7.45. The van der Waals surface area contributed by atoms with Crippen LogP contribution in [0.3, 0.4) is 0 Å². The van der Waals surface area contributed by atoms with Gasteiger partial charge in [0.15, 0.2) is 0 Å². The predicted molar refractivity (Wildman–Crippen MR) is 107 cm³/mol. The molecule has 0 aliphatic carbocycles. The Bertz CT molecular complexity index is 1010. The molecule has 0 radical (unpaired) electrons. The first kappa shape index (κ1) is 18.4. The minimum Gasteiger partial charge on any atom is -0.351 e. The van der Waals surface area contributed by atoms with Gasteiger partial charge >= 0.3 is 6.03 Å². The number of nitrogens with zero attached hydrogens (tertiary/aromatic N) is 1. The number of fused-ring (bicyclic) bond motifs is 1. The normalized spacial score (nSPS) is 11.8. The first-order valence-electron chi connectivity index (χ1n) is 8.69. The average molecular weight is 362 g/mol. The van der Waals surface area contributed by atoms with Crippen molar-refractivity contribution >= 4 is 28.5 Å². The molecule has 4 N–H and O–H groups in total. The van der Waals surface area contributed by atoms with Gasteiger partial charge in [0.25, 0.3) is 5.91 Å². The molecule has 0 saturated carbocycles. The Morgan fingerprint density at radius 2 is 1.74 bits per heavy atom. The molecule has 3 rings (SSSR count). The van der Waals surface area contributed by atoms with E-state index in [1.165, 1.54) is 0 Å². The van der Waals surface area contributed by atoms with Gasteiger partial charge in [0.2, 0.25) is 0 Å². The molecule has 0 bridgehead atoms. The van der Waals surface area contributed by atoms with E-state index in [0.29, 0.717) is 16.9 Å². The van der Waals surface area contributed by atoms with Gasteiger partial charge in [0.1, 0.15) is 0 Å². The van der Waals surface area contributed by atoms with Gasteiger partial charge in [0, 0.05) is 11.1 Å². The third-order valence-electron chi connectivity index (χ3n) is 4.43. The quantitative estimate of drug-likeness (QED) is 0.658. The zero-order chi connectivity index (χ0) is 19.6. The molecule has 1 atom stereocenters. The van der Waals surface area contributed by atoms with Gasteiger partial charge in [-0.05, 0) is 56.7 Å². The molecule has 1 aromatic heterocycles. The zero-order valence-corrected chi connectivity index (χ0v) is 15.5. The Kier molecular flexibility index (Phi) is 5.07. The van der Waals surface area contributed by atoms with Crippen molar-refractivity contribution in [2.45, 2.75) is 26.8 Å². The maximum absolute atomic E-state index is 12.8. The summed E-state index contributed by atoms with van der Waals surface area (Å²) in [7, 11) is 0. The summed E-state index contributed by atoms with van der Waals surface area (Å²) in [5.74, 6) is -0.171. The molecule has 2 aromatic carbocycles. The van der Waals surface area contributed by atoms with Crippen LogP contribution in [0.25, 0.3) is 10.9 Å². The van der Waals surface area contributed by atoms with Gasteiger partial charge in [-0.15, -0.1) is 0 Å². The van der Waals surface area contributed by atoms with E-state index < -0.39 is 6.03 Å². The lowest BCUT2D eigenvalue weighted by Gasteiger charge is -2.16. The molecular weight excluding hydrogens is 340 g/mol. The lowest BCUT2D eigenvalue weighted by atomic mass is 10.0. The number of amides is 3. The van der Waals surface area contributed by atoms with E-state index in [2.05, 4.69) is 15.6 Å². The van der Waals surface area contributed by atoms with Crippen LogP contribution in [0.15, 0.2) is 48.5 Å². The van der Waals surface area contributed by atoms with Crippen molar-refractivity contribution in [1.29, 1.82) is 0 Å². The number of rotatable bonds is 4. The third-order valence-corrected chi connectivity index (χ3v) is 4.43. The number of primary amides is 1. The predicted octanol–water partition coefficient (Wildman–Crippen LogP) is 3.83. The molecule has 0 saturated heterocycles. The van der Waals surface area contributed by atoms with Crippen molar-refractivity contribution in [2.75, 3.05) is 5.32 Å².